The molecule has 1 aromatic heterocycles. The average molecular weight is 438 g/mol. The van der Waals surface area contributed by atoms with E-state index in [0.717, 1.165) is 34.1 Å². The van der Waals surface area contributed by atoms with Crippen LogP contribution in [0, 0.1) is 11.3 Å². The van der Waals surface area contributed by atoms with Crippen LogP contribution in [0.25, 0.3) is 10.9 Å². The van der Waals surface area contributed by atoms with Gasteiger partial charge >= 0.3 is 5.97 Å². The van der Waals surface area contributed by atoms with E-state index in [0.29, 0.717) is 16.8 Å². The van der Waals surface area contributed by atoms with Crippen molar-refractivity contribution in [2.75, 3.05) is 0 Å². The number of carbonyl (C=O) groups excluding carboxylic acids is 1. The van der Waals surface area contributed by atoms with Crippen molar-refractivity contribution in [1.82, 2.24) is 10.3 Å². The summed E-state index contributed by atoms with van der Waals surface area (Å²) in [5, 5.41) is 14.2. The lowest BCUT2D eigenvalue weighted by molar-refractivity contribution is -0.143. The summed E-state index contributed by atoms with van der Waals surface area (Å²) in [7, 11) is 0. The van der Waals surface area contributed by atoms with Crippen molar-refractivity contribution in [2.45, 2.75) is 46.1 Å². The van der Waals surface area contributed by atoms with Gasteiger partial charge in [0, 0.05) is 23.0 Å². The van der Waals surface area contributed by atoms with Crippen LogP contribution in [0.2, 0.25) is 0 Å². The van der Waals surface area contributed by atoms with Gasteiger partial charge in [-0.1, -0.05) is 42.5 Å². The van der Waals surface area contributed by atoms with Crippen LogP contribution in [0.5, 0.6) is 0 Å². The van der Waals surface area contributed by atoms with Crippen molar-refractivity contribution in [3.63, 3.8) is 0 Å². The summed E-state index contributed by atoms with van der Waals surface area (Å²) < 4.78 is 5.57. The summed E-state index contributed by atoms with van der Waals surface area (Å²) >= 11 is 0. The monoisotopic (exact) mass is 437 g/mol. The first-order valence-electron chi connectivity index (χ1n) is 11.1. The zero-order valence-corrected chi connectivity index (χ0v) is 19.3. The summed E-state index contributed by atoms with van der Waals surface area (Å²) in [5.41, 5.74) is 6.39. The van der Waals surface area contributed by atoms with Gasteiger partial charge in [-0.25, -0.2) is 4.79 Å². The van der Waals surface area contributed by atoms with Crippen LogP contribution in [0.15, 0.2) is 83.3 Å². The number of rotatable bonds is 5. The van der Waals surface area contributed by atoms with E-state index in [4.69, 9.17) is 9.72 Å². The number of nitrogens with one attached hydrogen (secondary N) is 1. The molecule has 166 valence electrons. The maximum Gasteiger partial charge on any atom is 0.337 e. The van der Waals surface area contributed by atoms with Crippen LogP contribution in [0.1, 0.15) is 50.3 Å². The van der Waals surface area contributed by atoms with E-state index < -0.39 is 11.9 Å². The summed E-state index contributed by atoms with van der Waals surface area (Å²) in [6, 6.07) is 20.6. The molecule has 33 heavy (non-hydrogen) atoms. The second kappa shape index (κ2) is 9.30. The highest BCUT2D eigenvalue weighted by molar-refractivity contribution is 5.95. The molecule has 1 atom stereocenters. The summed E-state index contributed by atoms with van der Waals surface area (Å²) in [6.07, 6.45) is 2.38. The second-order valence-corrected chi connectivity index (χ2v) is 8.62. The number of fused-ring (bicyclic) bond motifs is 1. The normalized spacial score (nSPS) is 16.1. The summed E-state index contributed by atoms with van der Waals surface area (Å²) in [5.74, 6) is -0.939. The fourth-order valence-electron chi connectivity index (χ4n) is 4.40. The van der Waals surface area contributed by atoms with Crippen molar-refractivity contribution in [1.29, 1.82) is 5.26 Å². The number of dihydropyridines is 1. The molecule has 5 heteroatoms. The van der Waals surface area contributed by atoms with Gasteiger partial charge in [0.15, 0.2) is 0 Å². The molecular formula is C28H27N3O2. The number of benzene rings is 2. The quantitative estimate of drug-likeness (QED) is 0.531. The first-order valence-corrected chi connectivity index (χ1v) is 11.1. The maximum absolute atomic E-state index is 13.1. The van der Waals surface area contributed by atoms with Gasteiger partial charge in [-0.05, 0) is 62.9 Å². The molecule has 0 spiro atoms. The maximum atomic E-state index is 13.1. The smallest absolute Gasteiger partial charge is 0.337 e. The summed E-state index contributed by atoms with van der Waals surface area (Å²) in [6.45, 7) is 7.36. The first-order chi connectivity index (χ1) is 15.9. The molecule has 5 nitrogen and oxygen atoms in total. The minimum absolute atomic E-state index is 0.261. The van der Waals surface area contributed by atoms with Crippen molar-refractivity contribution < 1.29 is 9.53 Å². The molecule has 0 fully saturated rings. The number of allylic oxidation sites excluding steroid dienone is 3. The topological polar surface area (TPSA) is 75.0 Å². The third kappa shape index (κ3) is 4.51. The van der Waals surface area contributed by atoms with E-state index in [2.05, 4.69) is 29.6 Å². The molecule has 1 unspecified atom stereocenters. The third-order valence-corrected chi connectivity index (χ3v) is 5.82. The molecule has 0 radical (unpaired) electrons. The molecule has 0 bridgehead atoms. The van der Waals surface area contributed by atoms with Crippen LogP contribution in [-0.2, 0) is 16.0 Å². The molecule has 2 aromatic carbocycles. The third-order valence-electron chi connectivity index (χ3n) is 5.82. The van der Waals surface area contributed by atoms with E-state index in [1.807, 2.05) is 70.3 Å². The Morgan fingerprint density at radius 3 is 2.55 bits per heavy atom. The Kier molecular flexibility index (Phi) is 6.28. The molecule has 0 aliphatic carbocycles. The van der Waals surface area contributed by atoms with Crippen molar-refractivity contribution in [2.24, 2.45) is 0 Å². The Morgan fingerprint density at radius 2 is 1.85 bits per heavy atom. The molecule has 3 aromatic rings. The molecule has 4 rings (SSSR count). The average Bonchev–Trinajstić information content (AvgIpc) is 2.78. The zero-order valence-electron chi connectivity index (χ0n) is 19.3. The van der Waals surface area contributed by atoms with E-state index in [-0.39, 0.29) is 6.10 Å². The van der Waals surface area contributed by atoms with Crippen LogP contribution in [0.3, 0.4) is 0 Å². The number of nitrogens with zero attached hydrogens (tertiary/aromatic N) is 2. The Labute approximate surface area is 194 Å². The van der Waals surface area contributed by atoms with E-state index >= 15 is 0 Å². The van der Waals surface area contributed by atoms with Gasteiger partial charge in [0.05, 0.1) is 34.8 Å². The van der Waals surface area contributed by atoms with Crippen molar-refractivity contribution in [3.05, 3.63) is 100 Å². The number of esters is 1. The van der Waals surface area contributed by atoms with Gasteiger partial charge in [-0.15, -0.1) is 0 Å². The number of hydrogen-bond donors (Lipinski definition) is 1. The predicted molar refractivity (Wildman–Crippen MR) is 129 cm³/mol. The lowest BCUT2D eigenvalue weighted by Gasteiger charge is -2.29. The summed E-state index contributed by atoms with van der Waals surface area (Å²) in [4.78, 5) is 17.8. The number of hydrogen-bond acceptors (Lipinski definition) is 5. The van der Waals surface area contributed by atoms with E-state index in [9.17, 15) is 10.1 Å². The molecule has 0 saturated carbocycles. The molecule has 1 N–H and O–H groups in total. The molecule has 0 amide bonds. The molecule has 1 aliphatic heterocycles. The molecule has 1 aliphatic rings. The van der Waals surface area contributed by atoms with Crippen LogP contribution >= 0.6 is 0 Å². The van der Waals surface area contributed by atoms with Gasteiger partial charge in [-0.2, -0.15) is 5.26 Å². The highest BCUT2D eigenvalue weighted by atomic mass is 16.5. The standard InChI is InChI=1S/C28H27N3O2/c1-17(2)33-28(32)26-19(4)31-18(3)24(15-29)27(26)22-11-8-12-25-23(22)14-21(16-30-25)13-20-9-6-5-7-10-20/h5-12,14,16-17,27,31H,13H2,1-4H3. The first kappa shape index (κ1) is 22.3. The van der Waals surface area contributed by atoms with Gasteiger partial charge in [-0.3, -0.25) is 4.98 Å². The lowest BCUT2D eigenvalue weighted by Crippen LogP contribution is -2.29. The van der Waals surface area contributed by atoms with Gasteiger partial charge in [0.1, 0.15) is 0 Å². The largest absolute Gasteiger partial charge is 0.460 e. The number of pyridine rings is 1. The van der Waals surface area contributed by atoms with E-state index in [1.54, 1.807) is 0 Å². The molecule has 0 saturated heterocycles. The number of aromatic nitrogens is 1. The minimum Gasteiger partial charge on any atom is -0.460 e. The van der Waals surface area contributed by atoms with Gasteiger partial charge in [0.25, 0.3) is 0 Å². The van der Waals surface area contributed by atoms with Crippen LogP contribution in [0.4, 0.5) is 0 Å². The Bertz CT molecular complexity index is 1310. The van der Waals surface area contributed by atoms with Crippen LogP contribution in [-0.4, -0.2) is 17.1 Å². The number of ether oxygens (including phenoxy) is 1. The molecule has 2 heterocycles. The van der Waals surface area contributed by atoms with Crippen molar-refractivity contribution in [3.8, 4) is 6.07 Å². The number of carbonyl (C=O) groups is 1. The van der Waals surface area contributed by atoms with Gasteiger partial charge < -0.3 is 10.1 Å². The second-order valence-electron chi connectivity index (χ2n) is 8.62. The minimum atomic E-state index is -0.528. The highest BCUT2D eigenvalue weighted by Crippen LogP contribution is 2.41. The van der Waals surface area contributed by atoms with E-state index in [1.165, 1.54) is 5.56 Å². The Morgan fingerprint density at radius 1 is 1.09 bits per heavy atom. The SMILES string of the molecule is CC1=C(C#N)C(c2cccc3ncc(Cc4ccccc4)cc23)C(C(=O)OC(C)C)=C(C)N1. The van der Waals surface area contributed by atoms with Gasteiger partial charge in [0.2, 0.25) is 0 Å². The highest BCUT2D eigenvalue weighted by Gasteiger charge is 2.35. The fourth-order valence-corrected chi connectivity index (χ4v) is 4.40. The Hall–Kier alpha value is -3.91. The Balaban J connectivity index is 1.88. The predicted octanol–water partition coefficient (Wildman–Crippen LogP) is 5.54. The molecular weight excluding hydrogens is 410 g/mol. The number of nitriles is 1. The fraction of sp³-hybridized carbons (Fsp3) is 0.250. The van der Waals surface area contributed by atoms with Crippen molar-refractivity contribution >= 4 is 16.9 Å². The van der Waals surface area contributed by atoms with Crippen LogP contribution < -0.4 is 5.32 Å². The zero-order chi connectivity index (χ0) is 23.5. The lowest BCUT2D eigenvalue weighted by atomic mass is 9.79.